The number of nitrogens with zero attached hydrogens (tertiary/aromatic N) is 3. The maximum absolute atomic E-state index is 13.0. The Hall–Kier alpha value is -1.07. The standard InChI is InChI=1S/C23H35F3N4O.HI/c1-4-31-20-11-14-30(15-12-20)22(27-2)28-16-18-6-5-13-29(3)21(18)17-7-9-19(10-8-17)23(24,25)26;/h7-10,18,20-21H,4-6,11-16H2,1-3H3,(H,27,28);1H. The van der Waals surface area contributed by atoms with Crippen LogP contribution in [0.4, 0.5) is 13.2 Å². The van der Waals surface area contributed by atoms with Gasteiger partial charge in [0.05, 0.1) is 11.7 Å². The van der Waals surface area contributed by atoms with Crippen LogP contribution >= 0.6 is 24.0 Å². The van der Waals surface area contributed by atoms with Crippen molar-refractivity contribution in [3.8, 4) is 0 Å². The normalized spacial score (nSPS) is 23.7. The van der Waals surface area contributed by atoms with Gasteiger partial charge < -0.3 is 15.0 Å². The number of alkyl halides is 3. The van der Waals surface area contributed by atoms with Crippen LogP contribution in [0, 0.1) is 5.92 Å². The Morgan fingerprint density at radius 1 is 1.12 bits per heavy atom. The van der Waals surface area contributed by atoms with Gasteiger partial charge in [-0.25, -0.2) is 0 Å². The summed E-state index contributed by atoms with van der Waals surface area (Å²) in [4.78, 5) is 9.01. The highest BCUT2D eigenvalue weighted by Gasteiger charge is 2.33. The van der Waals surface area contributed by atoms with Crippen LogP contribution in [0.2, 0.25) is 0 Å². The monoisotopic (exact) mass is 568 g/mol. The van der Waals surface area contributed by atoms with Gasteiger partial charge in [0, 0.05) is 39.3 Å². The van der Waals surface area contributed by atoms with Gasteiger partial charge in [-0.1, -0.05) is 12.1 Å². The van der Waals surface area contributed by atoms with Crippen molar-refractivity contribution < 1.29 is 17.9 Å². The van der Waals surface area contributed by atoms with Crippen molar-refractivity contribution in [3.05, 3.63) is 35.4 Å². The number of halogens is 4. The van der Waals surface area contributed by atoms with E-state index in [1.54, 1.807) is 19.2 Å². The molecule has 0 bridgehead atoms. The van der Waals surface area contributed by atoms with Crippen molar-refractivity contribution in [1.29, 1.82) is 0 Å². The van der Waals surface area contributed by atoms with E-state index in [1.165, 1.54) is 12.1 Å². The van der Waals surface area contributed by atoms with E-state index in [0.717, 1.165) is 70.0 Å². The van der Waals surface area contributed by atoms with Gasteiger partial charge in [-0.3, -0.25) is 9.89 Å². The molecule has 1 aromatic rings. The lowest BCUT2D eigenvalue weighted by Gasteiger charge is -2.41. The molecule has 2 atom stereocenters. The minimum atomic E-state index is -4.31. The van der Waals surface area contributed by atoms with E-state index in [2.05, 4.69) is 27.2 Å². The lowest BCUT2D eigenvalue weighted by Crippen LogP contribution is -2.49. The molecule has 32 heavy (non-hydrogen) atoms. The average molecular weight is 568 g/mol. The minimum Gasteiger partial charge on any atom is -0.378 e. The van der Waals surface area contributed by atoms with E-state index in [1.807, 2.05) is 6.92 Å². The maximum Gasteiger partial charge on any atom is 0.416 e. The number of hydrogen-bond acceptors (Lipinski definition) is 3. The molecule has 1 N–H and O–H groups in total. The number of benzene rings is 1. The highest BCUT2D eigenvalue weighted by molar-refractivity contribution is 14.0. The summed E-state index contributed by atoms with van der Waals surface area (Å²) in [7, 11) is 3.86. The number of piperidine rings is 2. The van der Waals surface area contributed by atoms with Gasteiger partial charge in [-0.15, -0.1) is 24.0 Å². The van der Waals surface area contributed by atoms with Crippen molar-refractivity contribution in [2.45, 2.75) is 50.9 Å². The summed E-state index contributed by atoms with van der Waals surface area (Å²) in [6.07, 6.45) is 0.129. The Morgan fingerprint density at radius 3 is 2.34 bits per heavy atom. The molecule has 0 aliphatic carbocycles. The number of aliphatic imine (C=N–C) groups is 1. The highest BCUT2D eigenvalue weighted by atomic mass is 127. The van der Waals surface area contributed by atoms with Crippen molar-refractivity contribution >= 4 is 29.9 Å². The number of likely N-dealkylation sites (tertiary alicyclic amines) is 2. The molecule has 2 heterocycles. The number of rotatable bonds is 5. The predicted molar refractivity (Wildman–Crippen MR) is 133 cm³/mol. The van der Waals surface area contributed by atoms with Crippen molar-refractivity contribution in [2.24, 2.45) is 10.9 Å². The molecule has 2 aliphatic rings. The van der Waals surface area contributed by atoms with Crippen LogP contribution < -0.4 is 5.32 Å². The summed E-state index contributed by atoms with van der Waals surface area (Å²) in [6, 6.07) is 5.75. The quantitative estimate of drug-likeness (QED) is 0.316. The van der Waals surface area contributed by atoms with Crippen LogP contribution in [0.5, 0.6) is 0 Å². The molecule has 2 unspecified atom stereocenters. The number of hydrogen-bond donors (Lipinski definition) is 1. The third-order valence-corrected chi connectivity index (χ3v) is 6.46. The Kier molecular flexibility index (Phi) is 10.5. The Labute approximate surface area is 206 Å². The van der Waals surface area contributed by atoms with Gasteiger partial charge in [0.25, 0.3) is 0 Å². The van der Waals surface area contributed by atoms with Crippen LogP contribution in [0.3, 0.4) is 0 Å². The fraction of sp³-hybridized carbons (Fsp3) is 0.696. The Balaban J connectivity index is 0.00000363. The molecule has 5 nitrogen and oxygen atoms in total. The molecule has 1 aromatic carbocycles. The van der Waals surface area contributed by atoms with Gasteiger partial charge in [0.1, 0.15) is 0 Å². The SMILES string of the molecule is CCOC1CCN(C(=NC)NCC2CCCN(C)C2c2ccc(C(F)(F)F)cc2)CC1.I. The van der Waals surface area contributed by atoms with Crippen LogP contribution in [0.25, 0.3) is 0 Å². The first-order valence-electron chi connectivity index (χ1n) is 11.3. The number of nitrogens with one attached hydrogen (secondary N) is 1. The van der Waals surface area contributed by atoms with Gasteiger partial charge in [-0.05, 0) is 69.8 Å². The first kappa shape index (κ1) is 27.2. The maximum atomic E-state index is 13.0. The summed E-state index contributed by atoms with van der Waals surface area (Å²) in [5.74, 6) is 1.20. The fourth-order valence-corrected chi connectivity index (χ4v) is 4.89. The topological polar surface area (TPSA) is 40.1 Å². The molecular weight excluding hydrogens is 532 g/mol. The van der Waals surface area contributed by atoms with Crippen LogP contribution in [0.1, 0.15) is 49.8 Å². The molecule has 0 saturated carbocycles. The molecule has 2 saturated heterocycles. The first-order valence-corrected chi connectivity index (χ1v) is 11.3. The zero-order valence-electron chi connectivity index (χ0n) is 19.2. The second kappa shape index (κ2) is 12.4. The lowest BCUT2D eigenvalue weighted by atomic mass is 9.84. The summed E-state index contributed by atoms with van der Waals surface area (Å²) < 4.78 is 44.6. The highest BCUT2D eigenvalue weighted by Crippen LogP contribution is 2.36. The van der Waals surface area contributed by atoms with Crippen LogP contribution in [-0.4, -0.2) is 68.7 Å². The van der Waals surface area contributed by atoms with Gasteiger partial charge in [0.15, 0.2) is 5.96 Å². The average Bonchev–Trinajstić information content (AvgIpc) is 2.75. The van der Waals surface area contributed by atoms with E-state index < -0.39 is 11.7 Å². The molecule has 0 spiro atoms. The summed E-state index contributed by atoms with van der Waals surface area (Å²) in [6.45, 7) is 6.30. The second-order valence-corrected chi connectivity index (χ2v) is 8.52. The third kappa shape index (κ3) is 6.96. The van der Waals surface area contributed by atoms with E-state index in [4.69, 9.17) is 4.74 Å². The largest absolute Gasteiger partial charge is 0.416 e. The molecule has 3 rings (SSSR count). The summed E-state index contributed by atoms with van der Waals surface area (Å²) >= 11 is 0. The fourth-order valence-electron chi connectivity index (χ4n) is 4.89. The minimum absolute atomic E-state index is 0. The zero-order chi connectivity index (χ0) is 22.4. The van der Waals surface area contributed by atoms with Gasteiger partial charge >= 0.3 is 6.18 Å². The van der Waals surface area contributed by atoms with Crippen molar-refractivity contribution in [2.75, 3.05) is 46.9 Å². The smallest absolute Gasteiger partial charge is 0.378 e. The molecule has 0 aromatic heterocycles. The molecule has 2 fully saturated rings. The second-order valence-electron chi connectivity index (χ2n) is 8.52. The zero-order valence-corrected chi connectivity index (χ0v) is 21.5. The molecule has 2 aliphatic heterocycles. The molecule has 0 amide bonds. The molecule has 9 heteroatoms. The number of ether oxygens (including phenoxy) is 1. The Bertz CT molecular complexity index is 721. The lowest BCUT2D eigenvalue weighted by molar-refractivity contribution is -0.137. The van der Waals surface area contributed by atoms with Crippen LogP contribution in [-0.2, 0) is 10.9 Å². The van der Waals surface area contributed by atoms with Crippen molar-refractivity contribution in [3.63, 3.8) is 0 Å². The van der Waals surface area contributed by atoms with Gasteiger partial charge in [0.2, 0.25) is 0 Å². The summed E-state index contributed by atoms with van der Waals surface area (Å²) in [5.41, 5.74) is 0.342. The molecular formula is C23H36F3IN4O. The van der Waals surface area contributed by atoms with Crippen molar-refractivity contribution in [1.82, 2.24) is 15.1 Å². The first-order chi connectivity index (χ1) is 14.8. The number of guanidine groups is 1. The Morgan fingerprint density at radius 2 is 1.78 bits per heavy atom. The van der Waals surface area contributed by atoms with E-state index in [9.17, 15) is 13.2 Å². The molecule has 0 radical (unpaired) electrons. The summed E-state index contributed by atoms with van der Waals surface area (Å²) in [5, 5.41) is 3.54. The van der Waals surface area contributed by atoms with E-state index in [-0.39, 0.29) is 30.0 Å². The van der Waals surface area contributed by atoms with E-state index in [0.29, 0.717) is 12.0 Å². The van der Waals surface area contributed by atoms with Crippen LogP contribution in [0.15, 0.2) is 29.3 Å². The molecule has 182 valence electrons. The van der Waals surface area contributed by atoms with E-state index >= 15 is 0 Å². The van der Waals surface area contributed by atoms with Gasteiger partial charge in [-0.2, -0.15) is 13.2 Å². The predicted octanol–water partition coefficient (Wildman–Crippen LogP) is 4.78. The third-order valence-electron chi connectivity index (χ3n) is 6.46.